The van der Waals surface area contributed by atoms with Crippen molar-refractivity contribution in [2.45, 2.75) is 24.0 Å². The molecule has 1 aromatic heterocycles. The average molecular weight is 509 g/mol. The van der Waals surface area contributed by atoms with E-state index in [1.54, 1.807) is 31.4 Å². The first kappa shape index (κ1) is 25.2. The van der Waals surface area contributed by atoms with Gasteiger partial charge in [0.1, 0.15) is 23.3 Å². The predicted octanol–water partition coefficient (Wildman–Crippen LogP) is 3.76. The first-order valence-electron chi connectivity index (χ1n) is 12.4. The number of carbonyl (C=O) groups is 1. The molecule has 9 heteroatoms. The average Bonchev–Trinajstić information content (AvgIpc) is 3.38. The molecule has 1 amide bonds. The number of amides is 1. The van der Waals surface area contributed by atoms with E-state index in [0.29, 0.717) is 44.0 Å². The second kappa shape index (κ2) is 10.5. The van der Waals surface area contributed by atoms with Crippen LogP contribution in [0, 0.1) is 17.6 Å². The molecule has 0 bridgehead atoms. The van der Waals surface area contributed by atoms with Gasteiger partial charge in [0, 0.05) is 58.5 Å². The van der Waals surface area contributed by atoms with Crippen molar-refractivity contribution in [3.05, 3.63) is 89.6 Å². The van der Waals surface area contributed by atoms with Crippen LogP contribution < -0.4 is 4.90 Å². The molecule has 5 rings (SSSR count). The third-order valence-electron chi connectivity index (χ3n) is 7.76. The lowest BCUT2D eigenvalue weighted by Gasteiger charge is -2.47. The van der Waals surface area contributed by atoms with E-state index in [1.165, 1.54) is 12.1 Å². The fourth-order valence-electron chi connectivity index (χ4n) is 5.82. The van der Waals surface area contributed by atoms with E-state index in [0.717, 1.165) is 11.6 Å². The Hall–Kier alpha value is -3.43. The first-order valence-corrected chi connectivity index (χ1v) is 12.4. The molecular weight excluding hydrogens is 478 g/mol. The molecule has 0 spiro atoms. The van der Waals surface area contributed by atoms with Crippen molar-refractivity contribution in [1.82, 2.24) is 15.1 Å². The quantitative estimate of drug-likeness (QED) is 0.505. The number of nitrogens with zero attached hydrogens (tertiary/aromatic N) is 4. The highest BCUT2D eigenvalue weighted by atomic mass is 19.1. The van der Waals surface area contributed by atoms with Gasteiger partial charge in [-0.2, -0.15) is 5.10 Å². The van der Waals surface area contributed by atoms with E-state index in [1.807, 2.05) is 41.3 Å². The maximum absolute atomic E-state index is 14.9. The zero-order valence-corrected chi connectivity index (χ0v) is 20.9. The second-order valence-corrected chi connectivity index (χ2v) is 9.58. The number of halogens is 2. The number of carbonyl (C=O) groups excluding carboxylic acids is 1. The Morgan fingerprint density at radius 2 is 1.84 bits per heavy atom. The molecule has 194 valence electrons. The largest absolute Gasteiger partial charge is 0.376 e. The van der Waals surface area contributed by atoms with Crippen LogP contribution in [0.15, 0.2) is 66.9 Å². The summed E-state index contributed by atoms with van der Waals surface area (Å²) in [5.74, 6) is -1.81. The number of ether oxygens (including phenoxy) is 2. The standard InChI is InChI=1S/C28H30F2N4O3/c1-36-25-18-33(14-12-28(25,37-2)19-7-4-3-5-8-19)27(35)23-17-34(26-9-6-13-31-32-26)16-22(23)21-11-10-20(29)15-24(21)30/h3-11,13,15,22-23,25H,12,14,16-18H2,1-2H3/t22-,23+,25-,28-/m0/s1. The van der Waals surface area contributed by atoms with E-state index in [2.05, 4.69) is 10.2 Å². The summed E-state index contributed by atoms with van der Waals surface area (Å²) in [7, 11) is 3.29. The zero-order chi connectivity index (χ0) is 26.0. The summed E-state index contributed by atoms with van der Waals surface area (Å²) in [4.78, 5) is 17.7. The van der Waals surface area contributed by atoms with Crippen molar-refractivity contribution >= 4 is 11.7 Å². The molecular formula is C28H30F2N4O3. The highest BCUT2D eigenvalue weighted by Crippen LogP contribution is 2.41. The van der Waals surface area contributed by atoms with Gasteiger partial charge in [0.2, 0.25) is 5.91 Å². The van der Waals surface area contributed by atoms with E-state index >= 15 is 0 Å². The molecule has 0 N–H and O–H groups in total. The van der Waals surface area contributed by atoms with Crippen LogP contribution in [0.5, 0.6) is 0 Å². The van der Waals surface area contributed by atoms with Crippen LogP contribution in [0.2, 0.25) is 0 Å². The van der Waals surface area contributed by atoms with E-state index in [-0.39, 0.29) is 5.91 Å². The minimum absolute atomic E-state index is 0.0973. The maximum Gasteiger partial charge on any atom is 0.228 e. The third kappa shape index (κ3) is 4.69. The first-order chi connectivity index (χ1) is 18.0. The molecule has 2 fully saturated rings. The van der Waals surface area contributed by atoms with Crippen LogP contribution in [0.3, 0.4) is 0 Å². The van der Waals surface area contributed by atoms with Gasteiger partial charge in [0.05, 0.1) is 12.5 Å². The zero-order valence-electron chi connectivity index (χ0n) is 20.9. The Kier molecular flexibility index (Phi) is 7.17. The molecule has 2 aromatic carbocycles. The molecule has 3 aromatic rings. The van der Waals surface area contributed by atoms with Gasteiger partial charge in [-0.3, -0.25) is 4.79 Å². The summed E-state index contributed by atoms with van der Waals surface area (Å²) in [6, 6.07) is 17.0. The predicted molar refractivity (Wildman–Crippen MR) is 134 cm³/mol. The Morgan fingerprint density at radius 1 is 1.03 bits per heavy atom. The summed E-state index contributed by atoms with van der Waals surface area (Å²) < 4.78 is 40.5. The molecule has 0 aliphatic carbocycles. The second-order valence-electron chi connectivity index (χ2n) is 9.58. The van der Waals surface area contributed by atoms with Crippen molar-refractivity contribution in [2.24, 2.45) is 5.92 Å². The number of aromatic nitrogens is 2. The van der Waals surface area contributed by atoms with Crippen molar-refractivity contribution < 1.29 is 23.0 Å². The van der Waals surface area contributed by atoms with Gasteiger partial charge in [-0.1, -0.05) is 36.4 Å². The minimum Gasteiger partial charge on any atom is -0.376 e. The molecule has 0 radical (unpaired) electrons. The van der Waals surface area contributed by atoms with Gasteiger partial charge < -0.3 is 19.3 Å². The molecule has 7 nitrogen and oxygen atoms in total. The van der Waals surface area contributed by atoms with E-state index < -0.39 is 35.2 Å². The number of benzene rings is 2. The van der Waals surface area contributed by atoms with Crippen LogP contribution in [-0.4, -0.2) is 67.5 Å². The number of hydrogen-bond acceptors (Lipinski definition) is 6. The number of anilines is 1. The van der Waals surface area contributed by atoms with Crippen LogP contribution in [0.4, 0.5) is 14.6 Å². The van der Waals surface area contributed by atoms with Gasteiger partial charge >= 0.3 is 0 Å². The fraction of sp³-hybridized carbons (Fsp3) is 0.393. The van der Waals surface area contributed by atoms with E-state index in [9.17, 15) is 13.6 Å². The fourth-order valence-corrected chi connectivity index (χ4v) is 5.82. The van der Waals surface area contributed by atoms with Crippen LogP contribution >= 0.6 is 0 Å². The minimum atomic E-state index is -0.684. The number of piperidine rings is 1. The normalized spacial score (nSPS) is 25.9. The maximum atomic E-state index is 14.9. The van der Waals surface area contributed by atoms with Gasteiger partial charge in [0.15, 0.2) is 5.82 Å². The summed E-state index contributed by atoms with van der Waals surface area (Å²) in [6.07, 6.45) is 1.73. The summed E-state index contributed by atoms with van der Waals surface area (Å²) in [5, 5.41) is 8.13. The Morgan fingerprint density at radius 3 is 2.51 bits per heavy atom. The van der Waals surface area contributed by atoms with Gasteiger partial charge in [-0.25, -0.2) is 8.78 Å². The van der Waals surface area contributed by atoms with Crippen molar-refractivity contribution in [3.8, 4) is 0 Å². The Bertz CT molecular complexity index is 1230. The molecule has 0 saturated carbocycles. The molecule has 2 aliphatic heterocycles. The Balaban J connectivity index is 1.43. The molecule has 4 atom stereocenters. The smallest absolute Gasteiger partial charge is 0.228 e. The highest BCUT2D eigenvalue weighted by molar-refractivity contribution is 5.82. The molecule has 2 saturated heterocycles. The lowest BCUT2D eigenvalue weighted by atomic mass is 9.80. The number of rotatable bonds is 6. The van der Waals surface area contributed by atoms with Gasteiger partial charge in [-0.05, 0) is 29.3 Å². The number of likely N-dealkylation sites (tertiary alicyclic amines) is 1. The van der Waals surface area contributed by atoms with Crippen molar-refractivity contribution in [1.29, 1.82) is 0 Å². The molecule has 3 heterocycles. The molecule has 37 heavy (non-hydrogen) atoms. The SMILES string of the molecule is CO[C@H]1CN(C(=O)[C@@H]2CN(c3cccnn3)C[C@H]2c2ccc(F)cc2F)CC[C@]1(OC)c1ccccc1. The van der Waals surface area contributed by atoms with Crippen molar-refractivity contribution in [3.63, 3.8) is 0 Å². The van der Waals surface area contributed by atoms with Crippen LogP contribution in [-0.2, 0) is 19.9 Å². The van der Waals surface area contributed by atoms with Crippen LogP contribution in [0.1, 0.15) is 23.5 Å². The number of methoxy groups -OCH3 is 2. The topological polar surface area (TPSA) is 67.8 Å². The third-order valence-corrected chi connectivity index (χ3v) is 7.76. The Labute approximate surface area is 215 Å². The summed E-state index contributed by atoms with van der Waals surface area (Å²) >= 11 is 0. The monoisotopic (exact) mass is 508 g/mol. The van der Waals surface area contributed by atoms with E-state index in [4.69, 9.17) is 9.47 Å². The molecule has 0 unspecified atom stereocenters. The lowest BCUT2D eigenvalue weighted by molar-refractivity contribution is -0.170. The highest BCUT2D eigenvalue weighted by Gasteiger charge is 2.49. The molecule has 2 aliphatic rings. The lowest BCUT2D eigenvalue weighted by Crippen LogP contribution is -2.57. The van der Waals surface area contributed by atoms with Gasteiger partial charge in [-0.15, -0.1) is 5.10 Å². The number of hydrogen-bond donors (Lipinski definition) is 0. The van der Waals surface area contributed by atoms with Crippen LogP contribution in [0.25, 0.3) is 0 Å². The summed E-state index contributed by atoms with van der Waals surface area (Å²) in [5.41, 5.74) is 0.635. The summed E-state index contributed by atoms with van der Waals surface area (Å²) in [6.45, 7) is 1.51. The van der Waals surface area contributed by atoms with Crippen molar-refractivity contribution in [2.75, 3.05) is 45.3 Å². The van der Waals surface area contributed by atoms with Gasteiger partial charge in [0.25, 0.3) is 0 Å².